The lowest BCUT2D eigenvalue weighted by molar-refractivity contribution is 0.221. The summed E-state index contributed by atoms with van der Waals surface area (Å²) in [5.41, 5.74) is 2.54. The molecule has 2 aromatic carbocycles. The quantitative estimate of drug-likeness (QED) is 0.688. The van der Waals surface area contributed by atoms with Crippen molar-refractivity contribution in [1.82, 2.24) is 0 Å². The number of hydrogen-bond acceptors (Lipinski definition) is 1. The van der Waals surface area contributed by atoms with Gasteiger partial charge in [0.15, 0.2) is 0 Å². The van der Waals surface area contributed by atoms with Crippen molar-refractivity contribution < 1.29 is 4.43 Å². The number of aryl methyl sites for hydroxylation is 1. The Balaban J connectivity index is 1.90. The van der Waals surface area contributed by atoms with Crippen molar-refractivity contribution in [2.45, 2.75) is 39.5 Å². The van der Waals surface area contributed by atoms with Crippen LogP contribution in [0.3, 0.4) is 0 Å². The number of benzene rings is 2. The molecule has 1 nitrogen and oxygen atoms in total. The van der Waals surface area contributed by atoms with Gasteiger partial charge >= 0.3 is 0 Å². The average molecular weight is 311 g/mol. The van der Waals surface area contributed by atoms with Crippen LogP contribution in [0.5, 0.6) is 0 Å². The van der Waals surface area contributed by atoms with Gasteiger partial charge in [0.2, 0.25) is 8.32 Å². The van der Waals surface area contributed by atoms with E-state index in [9.17, 15) is 0 Å². The van der Waals surface area contributed by atoms with Gasteiger partial charge in [0.25, 0.3) is 0 Å². The molecule has 0 aliphatic rings. The molecule has 0 heterocycles. The summed E-state index contributed by atoms with van der Waals surface area (Å²) in [6.45, 7) is 8.81. The standard InChI is InChI=1S/C20H26OSi/c1-17-13-15-19(16-14-17)10-8-9-18(2)21-22(3,4)20-11-6-5-7-12-20/h5-8,10-16,18H,9H2,1-4H3/b10-8-. The second-order valence-corrected chi connectivity index (χ2v) is 10.2. The molecule has 0 aromatic heterocycles. The highest BCUT2D eigenvalue weighted by atomic mass is 28.4. The molecule has 116 valence electrons. The smallest absolute Gasteiger partial charge is 0.218 e. The van der Waals surface area contributed by atoms with Crippen molar-refractivity contribution in [3.63, 3.8) is 0 Å². The zero-order chi connectivity index (χ0) is 16.0. The maximum atomic E-state index is 6.37. The molecule has 0 saturated carbocycles. The fourth-order valence-corrected chi connectivity index (χ4v) is 4.77. The highest BCUT2D eigenvalue weighted by Gasteiger charge is 2.26. The highest BCUT2D eigenvalue weighted by Crippen LogP contribution is 2.13. The van der Waals surface area contributed by atoms with Crippen molar-refractivity contribution in [3.05, 3.63) is 71.8 Å². The lowest BCUT2D eigenvalue weighted by atomic mass is 10.1. The summed E-state index contributed by atoms with van der Waals surface area (Å²) in [4.78, 5) is 0. The molecule has 0 N–H and O–H groups in total. The normalized spacial score (nSPS) is 13.5. The first-order valence-corrected chi connectivity index (χ1v) is 10.8. The summed E-state index contributed by atoms with van der Waals surface area (Å²) in [5, 5.41) is 1.35. The van der Waals surface area contributed by atoms with Crippen LogP contribution < -0.4 is 5.19 Å². The first-order valence-electron chi connectivity index (χ1n) is 7.94. The van der Waals surface area contributed by atoms with Crippen molar-refractivity contribution in [2.24, 2.45) is 0 Å². The van der Waals surface area contributed by atoms with Gasteiger partial charge in [-0.1, -0.05) is 72.3 Å². The Labute approximate surface area is 135 Å². The Morgan fingerprint density at radius 2 is 1.64 bits per heavy atom. The van der Waals surface area contributed by atoms with E-state index < -0.39 is 8.32 Å². The third kappa shape index (κ3) is 4.97. The van der Waals surface area contributed by atoms with Crippen LogP contribution in [0.2, 0.25) is 13.1 Å². The minimum absolute atomic E-state index is 0.239. The highest BCUT2D eigenvalue weighted by molar-refractivity contribution is 6.84. The van der Waals surface area contributed by atoms with Crippen molar-refractivity contribution in [2.75, 3.05) is 0 Å². The van der Waals surface area contributed by atoms with E-state index in [1.807, 2.05) is 0 Å². The van der Waals surface area contributed by atoms with Crippen LogP contribution in [0, 0.1) is 6.92 Å². The molecule has 0 radical (unpaired) electrons. The molecule has 0 amide bonds. The molecule has 0 aliphatic carbocycles. The van der Waals surface area contributed by atoms with Crippen LogP contribution in [0.25, 0.3) is 6.08 Å². The summed E-state index contributed by atoms with van der Waals surface area (Å²) >= 11 is 0. The van der Waals surface area contributed by atoms with Crippen LogP contribution in [-0.4, -0.2) is 14.4 Å². The van der Waals surface area contributed by atoms with E-state index in [0.29, 0.717) is 0 Å². The van der Waals surface area contributed by atoms with E-state index in [0.717, 1.165) is 6.42 Å². The Morgan fingerprint density at radius 1 is 1.00 bits per heavy atom. The zero-order valence-electron chi connectivity index (χ0n) is 14.0. The second-order valence-electron chi connectivity index (χ2n) is 6.35. The second kappa shape index (κ2) is 7.57. The molecule has 0 saturated heterocycles. The Kier molecular flexibility index (Phi) is 5.75. The Bertz CT molecular complexity index is 599. The fraction of sp³-hybridized carbons (Fsp3) is 0.300. The summed E-state index contributed by atoms with van der Waals surface area (Å²) in [6, 6.07) is 19.2. The lowest BCUT2D eigenvalue weighted by Gasteiger charge is -2.27. The van der Waals surface area contributed by atoms with E-state index in [2.05, 4.69) is 93.7 Å². The summed E-state index contributed by atoms with van der Waals surface area (Å²) in [7, 11) is -1.81. The van der Waals surface area contributed by atoms with Crippen LogP contribution in [0.15, 0.2) is 60.7 Å². The van der Waals surface area contributed by atoms with Crippen LogP contribution in [0.1, 0.15) is 24.5 Å². The summed E-state index contributed by atoms with van der Waals surface area (Å²) in [5.74, 6) is 0. The zero-order valence-corrected chi connectivity index (χ0v) is 15.0. The first-order chi connectivity index (χ1) is 10.5. The van der Waals surface area contributed by atoms with Gasteiger partial charge < -0.3 is 4.43 Å². The molecule has 22 heavy (non-hydrogen) atoms. The van der Waals surface area contributed by atoms with Crippen LogP contribution >= 0.6 is 0 Å². The predicted octanol–water partition coefficient (Wildman–Crippen LogP) is 4.92. The van der Waals surface area contributed by atoms with E-state index in [-0.39, 0.29) is 6.10 Å². The van der Waals surface area contributed by atoms with Gasteiger partial charge in [-0.3, -0.25) is 0 Å². The molecular formula is C20H26OSi. The molecule has 1 unspecified atom stereocenters. The summed E-state index contributed by atoms with van der Waals surface area (Å²) < 4.78 is 6.37. The van der Waals surface area contributed by atoms with Gasteiger partial charge in [-0.2, -0.15) is 0 Å². The average Bonchev–Trinajstić information content (AvgIpc) is 2.50. The van der Waals surface area contributed by atoms with Gasteiger partial charge in [-0.15, -0.1) is 0 Å². The molecule has 1 atom stereocenters. The lowest BCUT2D eigenvalue weighted by Crippen LogP contribution is -2.46. The van der Waals surface area contributed by atoms with E-state index in [4.69, 9.17) is 4.43 Å². The molecule has 2 aromatic rings. The molecule has 0 bridgehead atoms. The Morgan fingerprint density at radius 3 is 2.27 bits per heavy atom. The van der Waals surface area contributed by atoms with Crippen molar-refractivity contribution >= 4 is 19.6 Å². The van der Waals surface area contributed by atoms with E-state index >= 15 is 0 Å². The molecular weight excluding hydrogens is 284 g/mol. The Hall–Kier alpha value is -1.64. The van der Waals surface area contributed by atoms with Crippen LogP contribution in [-0.2, 0) is 4.43 Å². The van der Waals surface area contributed by atoms with Crippen molar-refractivity contribution in [3.8, 4) is 0 Å². The number of rotatable bonds is 6. The van der Waals surface area contributed by atoms with Crippen LogP contribution in [0.4, 0.5) is 0 Å². The minimum atomic E-state index is -1.81. The van der Waals surface area contributed by atoms with Gasteiger partial charge in [-0.25, -0.2) is 0 Å². The molecule has 0 fully saturated rings. The molecule has 2 rings (SSSR count). The molecule has 2 heteroatoms. The van der Waals surface area contributed by atoms with Crippen molar-refractivity contribution in [1.29, 1.82) is 0 Å². The van der Waals surface area contributed by atoms with E-state index in [1.54, 1.807) is 0 Å². The predicted molar refractivity (Wildman–Crippen MR) is 98.9 cm³/mol. The monoisotopic (exact) mass is 310 g/mol. The van der Waals surface area contributed by atoms with E-state index in [1.165, 1.54) is 16.3 Å². The summed E-state index contributed by atoms with van der Waals surface area (Å²) in [6.07, 6.45) is 5.57. The third-order valence-corrected chi connectivity index (χ3v) is 6.54. The molecule has 0 spiro atoms. The maximum Gasteiger partial charge on any atom is 0.218 e. The molecule has 0 aliphatic heterocycles. The van der Waals surface area contributed by atoms with Gasteiger partial charge in [-0.05, 0) is 44.1 Å². The fourth-order valence-electron chi connectivity index (χ4n) is 2.53. The van der Waals surface area contributed by atoms with Gasteiger partial charge in [0.05, 0.1) is 0 Å². The number of hydrogen-bond donors (Lipinski definition) is 0. The SMILES string of the molecule is Cc1ccc(/C=C\CC(C)O[Si](C)(C)c2ccccc2)cc1. The maximum absolute atomic E-state index is 6.37. The third-order valence-electron chi connectivity index (χ3n) is 3.82. The topological polar surface area (TPSA) is 9.23 Å². The largest absolute Gasteiger partial charge is 0.410 e. The first kappa shape index (κ1) is 16.7. The van der Waals surface area contributed by atoms with Gasteiger partial charge in [0, 0.05) is 6.10 Å². The minimum Gasteiger partial charge on any atom is -0.410 e. The van der Waals surface area contributed by atoms with Gasteiger partial charge in [0.1, 0.15) is 0 Å².